The van der Waals surface area contributed by atoms with E-state index >= 15 is 0 Å². The van der Waals surface area contributed by atoms with E-state index in [4.69, 9.17) is 10.2 Å². The second-order valence-electron chi connectivity index (χ2n) is 4.14. The van der Waals surface area contributed by atoms with Crippen LogP contribution in [0.15, 0.2) is 0 Å². The summed E-state index contributed by atoms with van der Waals surface area (Å²) in [6, 6.07) is 0. The SMILES string of the molecule is CCN(CC)CCC(CCCC(=O)O)C(=O)O. The monoisotopic (exact) mass is 245 g/mol. The summed E-state index contributed by atoms with van der Waals surface area (Å²) in [7, 11) is 0. The number of rotatable bonds is 10. The maximum atomic E-state index is 11.0. The van der Waals surface area contributed by atoms with E-state index in [-0.39, 0.29) is 6.42 Å². The summed E-state index contributed by atoms with van der Waals surface area (Å²) < 4.78 is 0. The van der Waals surface area contributed by atoms with Crippen molar-refractivity contribution in [3.63, 3.8) is 0 Å². The lowest BCUT2D eigenvalue weighted by atomic mass is 9.98. The van der Waals surface area contributed by atoms with Gasteiger partial charge in [-0.1, -0.05) is 13.8 Å². The minimum Gasteiger partial charge on any atom is -0.481 e. The quantitative estimate of drug-likeness (QED) is 0.612. The van der Waals surface area contributed by atoms with E-state index in [9.17, 15) is 9.59 Å². The molecule has 0 aliphatic rings. The smallest absolute Gasteiger partial charge is 0.306 e. The fourth-order valence-corrected chi connectivity index (χ4v) is 1.77. The molecule has 0 fully saturated rings. The van der Waals surface area contributed by atoms with Gasteiger partial charge in [0.05, 0.1) is 5.92 Å². The fraction of sp³-hybridized carbons (Fsp3) is 0.833. The van der Waals surface area contributed by atoms with Gasteiger partial charge in [0.1, 0.15) is 0 Å². The Hall–Kier alpha value is -1.10. The first-order chi connectivity index (χ1) is 8.01. The van der Waals surface area contributed by atoms with Crippen LogP contribution in [0.25, 0.3) is 0 Å². The molecule has 0 spiro atoms. The Morgan fingerprint density at radius 3 is 2.12 bits per heavy atom. The van der Waals surface area contributed by atoms with Crippen molar-refractivity contribution < 1.29 is 19.8 Å². The topological polar surface area (TPSA) is 77.8 Å². The lowest BCUT2D eigenvalue weighted by Gasteiger charge is -2.20. The summed E-state index contributed by atoms with van der Waals surface area (Å²) in [5.74, 6) is -2.10. The Bertz CT molecular complexity index is 239. The standard InChI is InChI=1S/C12H23NO4/c1-3-13(4-2)9-8-10(12(16)17)6-5-7-11(14)15/h10H,3-9H2,1-2H3,(H,14,15)(H,16,17). The zero-order valence-electron chi connectivity index (χ0n) is 10.7. The van der Waals surface area contributed by atoms with E-state index < -0.39 is 17.9 Å². The second kappa shape index (κ2) is 8.98. The molecule has 5 nitrogen and oxygen atoms in total. The van der Waals surface area contributed by atoms with Crippen LogP contribution in [0.4, 0.5) is 0 Å². The molecule has 0 saturated carbocycles. The highest BCUT2D eigenvalue weighted by Crippen LogP contribution is 2.14. The predicted molar refractivity (Wildman–Crippen MR) is 65.0 cm³/mol. The Labute approximate surface area is 102 Å². The van der Waals surface area contributed by atoms with Gasteiger partial charge in [0.25, 0.3) is 0 Å². The molecule has 0 aromatic rings. The second-order valence-corrected chi connectivity index (χ2v) is 4.14. The summed E-state index contributed by atoms with van der Waals surface area (Å²) in [5, 5.41) is 17.5. The molecule has 0 saturated heterocycles. The van der Waals surface area contributed by atoms with Crippen molar-refractivity contribution in [2.75, 3.05) is 19.6 Å². The molecule has 17 heavy (non-hydrogen) atoms. The first-order valence-corrected chi connectivity index (χ1v) is 6.18. The van der Waals surface area contributed by atoms with Crippen molar-refractivity contribution in [1.82, 2.24) is 4.90 Å². The van der Waals surface area contributed by atoms with E-state index in [1.807, 2.05) is 13.8 Å². The first kappa shape index (κ1) is 15.9. The zero-order valence-corrected chi connectivity index (χ0v) is 10.7. The highest BCUT2D eigenvalue weighted by Gasteiger charge is 2.18. The van der Waals surface area contributed by atoms with Gasteiger partial charge in [0.15, 0.2) is 0 Å². The molecule has 2 N–H and O–H groups in total. The van der Waals surface area contributed by atoms with Gasteiger partial charge in [-0.25, -0.2) is 0 Å². The van der Waals surface area contributed by atoms with Crippen LogP contribution in [-0.2, 0) is 9.59 Å². The average Bonchev–Trinajstić information content (AvgIpc) is 2.27. The minimum absolute atomic E-state index is 0.0506. The molecule has 0 heterocycles. The Morgan fingerprint density at radius 2 is 1.71 bits per heavy atom. The molecule has 5 heteroatoms. The number of carboxylic acids is 2. The number of carboxylic acid groups (broad SMARTS) is 2. The minimum atomic E-state index is -0.863. The van der Waals surface area contributed by atoms with Gasteiger partial charge < -0.3 is 15.1 Å². The molecule has 0 aliphatic heterocycles. The molecule has 1 unspecified atom stereocenters. The number of nitrogens with zero attached hydrogens (tertiary/aromatic N) is 1. The van der Waals surface area contributed by atoms with Crippen molar-refractivity contribution in [3.05, 3.63) is 0 Å². The maximum absolute atomic E-state index is 11.0. The fourth-order valence-electron chi connectivity index (χ4n) is 1.77. The molecule has 0 rings (SSSR count). The molecule has 0 radical (unpaired) electrons. The Morgan fingerprint density at radius 1 is 1.12 bits per heavy atom. The summed E-state index contributed by atoms with van der Waals surface area (Å²) in [6.45, 7) is 6.68. The Kier molecular flexibility index (Phi) is 8.40. The van der Waals surface area contributed by atoms with Crippen LogP contribution in [0.3, 0.4) is 0 Å². The van der Waals surface area contributed by atoms with Gasteiger partial charge in [-0.2, -0.15) is 0 Å². The summed E-state index contributed by atoms with van der Waals surface area (Å²) in [6.07, 6.45) is 1.53. The lowest BCUT2D eigenvalue weighted by molar-refractivity contribution is -0.143. The number of hydrogen-bond acceptors (Lipinski definition) is 3. The average molecular weight is 245 g/mol. The van der Waals surface area contributed by atoms with Crippen LogP contribution < -0.4 is 0 Å². The van der Waals surface area contributed by atoms with Crippen molar-refractivity contribution in [2.24, 2.45) is 5.92 Å². The molecule has 0 aliphatic carbocycles. The predicted octanol–water partition coefficient (Wildman–Crippen LogP) is 1.67. The van der Waals surface area contributed by atoms with Gasteiger partial charge >= 0.3 is 11.9 Å². The van der Waals surface area contributed by atoms with Crippen molar-refractivity contribution in [2.45, 2.75) is 39.5 Å². The highest BCUT2D eigenvalue weighted by molar-refractivity contribution is 5.70. The van der Waals surface area contributed by atoms with Gasteiger partial charge in [0, 0.05) is 6.42 Å². The third kappa shape index (κ3) is 7.74. The lowest BCUT2D eigenvalue weighted by Crippen LogP contribution is -2.27. The Balaban J connectivity index is 3.98. The number of hydrogen-bond donors (Lipinski definition) is 2. The van der Waals surface area contributed by atoms with E-state index in [2.05, 4.69) is 4.90 Å². The van der Waals surface area contributed by atoms with Gasteiger partial charge in [-0.3, -0.25) is 9.59 Å². The first-order valence-electron chi connectivity index (χ1n) is 6.18. The van der Waals surface area contributed by atoms with Crippen LogP contribution in [0.2, 0.25) is 0 Å². The van der Waals surface area contributed by atoms with Crippen molar-refractivity contribution in [3.8, 4) is 0 Å². The third-order valence-corrected chi connectivity index (χ3v) is 2.98. The molecule has 1 atom stereocenters. The summed E-state index contributed by atoms with van der Waals surface area (Å²) >= 11 is 0. The van der Waals surface area contributed by atoms with Gasteiger partial charge in [-0.15, -0.1) is 0 Å². The van der Waals surface area contributed by atoms with E-state index in [1.165, 1.54) is 0 Å². The maximum Gasteiger partial charge on any atom is 0.306 e. The van der Waals surface area contributed by atoms with Crippen molar-refractivity contribution in [1.29, 1.82) is 0 Å². The summed E-state index contributed by atoms with van der Waals surface area (Å²) in [4.78, 5) is 23.5. The molecule has 0 aromatic carbocycles. The van der Waals surface area contributed by atoms with Crippen LogP contribution in [0, 0.1) is 5.92 Å². The molecule has 0 bridgehead atoms. The van der Waals surface area contributed by atoms with E-state index in [1.54, 1.807) is 0 Å². The van der Waals surface area contributed by atoms with Crippen LogP contribution in [0.5, 0.6) is 0 Å². The van der Waals surface area contributed by atoms with E-state index in [0.717, 1.165) is 19.6 Å². The highest BCUT2D eigenvalue weighted by atomic mass is 16.4. The third-order valence-electron chi connectivity index (χ3n) is 2.98. The normalized spacial score (nSPS) is 12.6. The summed E-state index contributed by atoms with van der Waals surface area (Å²) in [5.41, 5.74) is 0. The number of aliphatic carboxylic acids is 2. The van der Waals surface area contributed by atoms with Crippen LogP contribution in [-0.4, -0.2) is 46.7 Å². The zero-order chi connectivity index (χ0) is 13.3. The van der Waals surface area contributed by atoms with E-state index in [0.29, 0.717) is 19.3 Å². The van der Waals surface area contributed by atoms with Crippen LogP contribution in [0.1, 0.15) is 39.5 Å². The van der Waals surface area contributed by atoms with Gasteiger partial charge in [0.2, 0.25) is 0 Å². The molecular formula is C12H23NO4. The van der Waals surface area contributed by atoms with Crippen molar-refractivity contribution >= 4 is 11.9 Å². The molecular weight excluding hydrogens is 222 g/mol. The largest absolute Gasteiger partial charge is 0.481 e. The van der Waals surface area contributed by atoms with Crippen LogP contribution >= 0.6 is 0 Å². The molecule has 100 valence electrons. The number of carbonyl (C=O) groups is 2. The molecule has 0 amide bonds. The van der Waals surface area contributed by atoms with Gasteiger partial charge in [-0.05, 0) is 38.9 Å². The molecule has 0 aromatic heterocycles.